The van der Waals surface area contributed by atoms with E-state index < -0.39 is 0 Å². The van der Waals surface area contributed by atoms with Crippen molar-refractivity contribution >= 4 is 28.9 Å². The number of anilines is 2. The van der Waals surface area contributed by atoms with Gasteiger partial charge in [0.15, 0.2) is 6.73 Å². The van der Waals surface area contributed by atoms with Crippen molar-refractivity contribution in [1.29, 1.82) is 0 Å². The molecule has 1 aliphatic heterocycles. The average molecular weight is 723 g/mol. The molecule has 0 unspecified atom stereocenters. The number of halogens is 1. The molecule has 9 nitrogen and oxygen atoms in total. The highest BCUT2D eigenvalue weighted by Crippen LogP contribution is 2.28. The number of ether oxygens (including phenoxy) is 1. The molecule has 10 heteroatoms. The van der Waals surface area contributed by atoms with E-state index in [4.69, 9.17) is 9.72 Å². The fourth-order valence-electron chi connectivity index (χ4n) is 6.77. The highest BCUT2D eigenvalue weighted by Gasteiger charge is 2.28. The second-order valence-corrected chi connectivity index (χ2v) is 13.7. The minimum Gasteiger partial charge on any atom is -0.444 e. The van der Waals surface area contributed by atoms with Crippen LogP contribution in [0.5, 0.6) is 0 Å². The molecule has 0 bridgehead atoms. The van der Waals surface area contributed by atoms with Crippen molar-refractivity contribution in [3.05, 3.63) is 119 Å². The SMILES string of the molecule is CC/C=C\C/C=C\C/C=C\CCCCCCCC(=O)OCn1c(N(C)C2CCN(c3nc4ccccc4n3Cc3ccc(F)cc3)CC2)nccc1=O. The molecule has 1 aliphatic rings. The zero-order valence-electron chi connectivity index (χ0n) is 31.4. The molecule has 53 heavy (non-hydrogen) atoms. The first-order valence-corrected chi connectivity index (χ1v) is 19.3. The Labute approximate surface area is 313 Å². The number of rotatable bonds is 20. The summed E-state index contributed by atoms with van der Waals surface area (Å²) in [6.07, 6.45) is 26.1. The van der Waals surface area contributed by atoms with Crippen LogP contribution in [0.1, 0.15) is 89.5 Å². The van der Waals surface area contributed by atoms with E-state index in [0.29, 0.717) is 18.9 Å². The van der Waals surface area contributed by atoms with Gasteiger partial charge < -0.3 is 19.1 Å². The molecule has 1 fully saturated rings. The molecule has 282 valence electrons. The van der Waals surface area contributed by atoms with Crippen molar-refractivity contribution in [2.45, 2.75) is 103 Å². The van der Waals surface area contributed by atoms with Crippen LogP contribution in [0, 0.1) is 5.82 Å². The number of carbonyl (C=O) groups is 1. The Morgan fingerprint density at radius 3 is 2.36 bits per heavy atom. The van der Waals surface area contributed by atoms with Crippen LogP contribution in [0.25, 0.3) is 11.0 Å². The third-order valence-electron chi connectivity index (χ3n) is 9.80. The molecule has 2 aromatic heterocycles. The monoisotopic (exact) mass is 722 g/mol. The largest absolute Gasteiger partial charge is 0.444 e. The normalized spacial score (nSPS) is 14.0. The lowest BCUT2D eigenvalue weighted by Gasteiger charge is -2.38. The van der Waals surface area contributed by atoms with Gasteiger partial charge in [0.05, 0.1) is 17.6 Å². The van der Waals surface area contributed by atoms with Gasteiger partial charge in [0, 0.05) is 44.9 Å². The third-order valence-corrected chi connectivity index (χ3v) is 9.80. The van der Waals surface area contributed by atoms with E-state index >= 15 is 0 Å². The average Bonchev–Trinajstić information content (AvgIpc) is 3.54. The maximum absolute atomic E-state index is 13.6. The first-order valence-electron chi connectivity index (χ1n) is 19.3. The summed E-state index contributed by atoms with van der Waals surface area (Å²) in [6, 6.07) is 16.2. The molecule has 0 atom stereocenters. The van der Waals surface area contributed by atoms with E-state index in [1.54, 1.807) is 0 Å². The van der Waals surface area contributed by atoms with Gasteiger partial charge >= 0.3 is 5.97 Å². The van der Waals surface area contributed by atoms with Gasteiger partial charge in [0.2, 0.25) is 11.9 Å². The second kappa shape index (κ2) is 20.9. The van der Waals surface area contributed by atoms with E-state index in [1.807, 2.05) is 42.3 Å². The van der Waals surface area contributed by atoms with Crippen LogP contribution in [0.2, 0.25) is 0 Å². The first kappa shape index (κ1) is 39.2. The zero-order valence-corrected chi connectivity index (χ0v) is 31.4. The number of piperidine rings is 1. The Hall–Kier alpha value is -4.99. The topological polar surface area (TPSA) is 85.5 Å². The summed E-state index contributed by atoms with van der Waals surface area (Å²) in [4.78, 5) is 39.4. The maximum atomic E-state index is 13.6. The number of benzene rings is 2. The number of carbonyl (C=O) groups excluding carboxylic acids is 1. The first-order chi connectivity index (χ1) is 25.9. The van der Waals surface area contributed by atoms with Crippen LogP contribution >= 0.6 is 0 Å². The Balaban J connectivity index is 1.06. The van der Waals surface area contributed by atoms with Crippen molar-refractivity contribution in [2.75, 3.05) is 29.9 Å². The van der Waals surface area contributed by atoms with Gasteiger partial charge in [-0.25, -0.2) is 18.9 Å². The van der Waals surface area contributed by atoms with Crippen LogP contribution in [0.4, 0.5) is 16.3 Å². The van der Waals surface area contributed by atoms with Crippen LogP contribution < -0.4 is 15.4 Å². The number of esters is 1. The van der Waals surface area contributed by atoms with Crippen LogP contribution in [0.15, 0.2) is 102 Å². The molecule has 0 radical (unpaired) electrons. The van der Waals surface area contributed by atoms with Gasteiger partial charge in [0.25, 0.3) is 5.56 Å². The fraction of sp³-hybridized carbons (Fsp3) is 0.442. The number of imidazole rings is 1. The van der Waals surface area contributed by atoms with Crippen molar-refractivity contribution in [3.8, 4) is 0 Å². The lowest BCUT2D eigenvalue weighted by Crippen LogP contribution is -2.46. The highest BCUT2D eigenvalue weighted by molar-refractivity contribution is 5.79. The maximum Gasteiger partial charge on any atom is 0.307 e. The molecule has 0 spiro atoms. The van der Waals surface area contributed by atoms with Crippen molar-refractivity contribution in [2.24, 2.45) is 0 Å². The van der Waals surface area contributed by atoms with Gasteiger partial charge in [-0.15, -0.1) is 0 Å². The molecular weight excluding hydrogens is 668 g/mol. The molecule has 4 aromatic rings. The molecule has 3 heterocycles. The van der Waals surface area contributed by atoms with Gasteiger partial charge in [0.1, 0.15) is 5.82 Å². The number of unbranched alkanes of at least 4 members (excludes halogenated alkanes) is 5. The quantitative estimate of drug-likeness (QED) is 0.0512. The summed E-state index contributed by atoms with van der Waals surface area (Å²) in [6.45, 7) is 4.10. The molecular formula is C43H55FN6O3. The van der Waals surface area contributed by atoms with E-state index in [1.165, 1.54) is 29.0 Å². The number of allylic oxidation sites excluding steroid dienone is 6. The number of fused-ring (bicyclic) bond motifs is 1. The van der Waals surface area contributed by atoms with Crippen molar-refractivity contribution < 1.29 is 13.9 Å². The summed E-state index contributed by atoms with van der Waals surface area (Å²) in [5.41, 5.74) is 2.71. The van der Waals surface area contributed by atoms with Crippen molar-refractivity contribution in [3.63, 3.8) is 0 Å². The van der Waals surface area contributed by atoms with Crippen LogP contribution in [-0.4, -0.2) is 51.3 Å². The molecule has 5 rings (SSSR count). The lowest BCUT2D eigenvalue weighted by molar-refractivity contribution is -0.147. The Morgan fingerprint density at radius 2 is 1.58 bits per heavy atom. The second-order valence-electron chi connectivity index (χ2n) is 13.7. The fourth-order valence-corrected chi connectivity index (χ4v) is 6.77. The summed E-state index contributed by atoms with van der Waals surface area (Å²) in [7, 11) is 1.95. The summed E-state index contributed by atoms with van der Waals surface area (Å²) < 4.78 is 22.8. The molecule has 1 saturated heterocycles. The summed E-state index contributed by atoms with van der Waals surface area (Å²) >= 11 is 0. The minimum absolute atomic E-state index is 0.128. The predicted molar refractivity (Wildman–Crippen MR) is 213 cm³/mol. The summed E-state index contributed by atoms with van der Waals surface area (Å²) in [5, 5.41) is 0. The standard InChI is InChI=1S/C43H55FN6O3/c1-3-4-5-6-7-8-9-10-11-12-13-14-15-16-17-22-41(52)53-34-50-40(51)27-30-45-42(50)47(2)37-28-31-48(32-29-37)43-46-38-20-18-19-21-39(38)49(43)33-35-23-25-36(44)26-24-35/h4-5,7-8,10-11,18-21,23-27,30,37H,3,6,9,12-17,22,28-29,31-34H2,1-2H3/b5-4-,8-7-,11-10-. The highest BCUT2D eigenvalue weighted by atomic mass is 19.1. The van der Waals surface area contributed by atoms with E-state index in [0.717, 1.165) is 106 Å². The number of hydrogen-bond acceptors (Lipinski definition) is 7. The molecule has 2 aromatic carbocycles. The van der Waals surface area contributed by atoms with E-state index in [-0.39, 0.29) is 30.1 Å². The van der Waals surface area contributed by atoms with Gasteiger partial charge in [-0.3, -0.25) is 9.59 Å². The number of para-hydroxylation sites is 2. The predicted octanol–water partition coefficient (Wildman–Crippen LogP) is 8.98. The lowest BCUT2D eigenvalue weighted by atomic mass is 10.0. The molecule has 0 aliphatic carbocycles. The number of nitrogens with zero attached hydrogens (tertiary/aromatic N) is 6. The van der Waals surface area contributed by atoms with E-state index in [2.05, 4.69) is 63.9 Å². The molecule has 0 N–H and O–H groups in total. The third kappa shape index (κ3) is 11.8. The van der Waals surface area contributed by atoms with Crippen LogP contribution in [0.3, 0.4) is 0 Å². The minimum atomic E-state index is -0.299. The van der Waals surface area contributed by atoms with Gasteiger partial charge in [-0.2, -0.15) is 0 Å². The zero-order chi connectivity index (χ0) is 37.3. The summed E-state index contributed by atoms with van der Waals surface area (Å²) in [5.74, 6) is 0.827. The van der Waals surface area contributed by atoms with Crippen LogP contribution in [-0.2, 0) is 22.8 Å². The number of hydrogen-bond donors (Lipinski definition) is 0. The Kier molecular flexibility index (Phi) is 15.5. The molecule has 0 amide bonds. The van der Waals surface area contributed by atoms with Gasteiger partial charge in [-0.05, 0) is 81.2 Å². The Morgan fingerprint density at radius 1 is 0.887 bits per heavy atom. The van der Waals surface area contributed by atoms with Crippen molar-refractivity contribution in [1.82, 2.24) is 19.1 Å². The Bertz CT molecular complexity index is 1870. The van der Waals surface area contributed by atoms with Gasteiger partial charge in [-0.1, -0.05) is 86.9 Å². The van der Waals surface area contributed by atoms with E-state index in [9.17, 15) is 14.0 Å². The number of aromatic nitrogens is 4. The molecule has 0 saturated carbocycles. The smallest absolute Gasteiger partial charge is 0.307 e.